The van der Waals surface area contributed by atoms with E-state index in [-0.39, 0.29) is 18.3 Å². The number of benzene rings is 3. The Morgan fingerprint density at radius 2 is 1.82 bits per heavy atom. The van der Waals surface area contributed by atoms with Gasteiger partial charge in [0, 0.05) is 15.5 Å². The number of carbonyl (C=O) groups is 2. The second-order valence-corrected chi connectivity index (χ2v) is 8.65. The number of fused-ring (bicyclic) bond motifs is 1. The van der Waals surface area contributed by atoms with Crippen molar-refractivity contribution in [3.63, 3.8) is 0 Å². The molecule has 33 heavy (non-hydrogen) atoms. The highest BCUT2D eigenvalue weighted by atomic mass is 79.9. The van der Waals surface area contributed by atoms with Gasteiger partial charge in [-0.05, 0) is 76.1 Å². The van der Waals surface area contributed by atoms with Gasteiger partial charge in [0.25, 0.3) is 5.91 Å². The fourth-order valence-corrected chi connectivity index (χ4v) is 3.81. The molecule has 1 heterocycles. The molecule has 0 fully saturated rings. The van der Waals surface area contributed by atoms with E-state index in [1.807, 2.05) is 30.3 Å². The van der Waals surface area contributed by atoms with Gasteiger partial charge in [-0.1, -0.05) is 34.1 Å². The lowest BCUT2D eigenvalue weighted by Crippen LogP contribution is -2.20. The molecule has 166 valence electrons. The topological polar surface area (TPSA) is 92.9 Å². The van der Waals surface area contributed by atoms with Crippen LogP contribution in [-0.2, 0) is 4.79 Å². The van der Waals surface area contributed by atoms with Gasteiger partial charge in [-0.15, -0.1) is 0 Å². The van der Waals surface area contributed by atoms with Gasteiger partial charge in [0.05, 0.1) is 10.7 Å². The Morgan fingerprint density at radius 3 is 2.61 bits per heavy atom. The van der Waals surface area contributed by atoms with Gasteiger partial charge < -0.3 is 14.5 Å². The van der Waals surface area contributed by atoms with E-state index < -0.39 is 5.91 Å². The lowest BCUT2D eigenvalue weighted by Gasteiger charge is -2.09. The summed E-state index contributed by atoms with van der Waals surface area (Å²) in [6.07, 6.45) is 1.49. The number of carbonyl (C=O) groups excluding carboxylic acids is 2. The molecule has 0 radical (unpaired) electrons. The molecule has 0 bridgehead atoms. The largest absolute Gasteiger partial charge is 0.483 e. The van der Waals surface area contributed by atoms with Gasteiger partial charge in [-0.3, -0.25) is 9.59 Å². The first-order valence-electron chi connectivity index (χ1n) is 9.78. The van der Waals surface area contributed by atoms with Crippen LogP contribution in [0.15, 0.2) is 91.3 Å². The Hall–Kier alpha value is -3.43. The third kappa shape index (κ3) is 6.09. The number of hydrogen-bond acceptors (Lipinski definition) is 5. The summed E-state index contributed by atoms with van der Waals surface area (Å²) in [4.78, 5) is 24.3. The fourth-order valence-electron chi connectivity index (χ4n) is 2.92. The number of furan rings is 1. The molecule has 2 N–H and O–H groups in total. The number of halogens is 2. The summed E-state index contributed by atoms with van der Waals surface area (Å²) in [6.45, 7) is -0.134. The molecule has 4 aromatic rings. The minimum Gasteiger partial charge on any atom is -0.483 e. The Morgan fingerprint density at radius 1 is 1.00 bits per heavy atom. The lowest BCUT2D eigenvalue weighted by molar-refractivity contribution is -0.118. The minimum absolute atomic E-state index is 0.134. The van der Waals surface area contributed by atoms with Crippen molar-refractivity contribution < 1.29 is 18.7 Å². The van der Waals surface area contributed by atoms with Crippen molar-refractivity contribution in [1.82, 2.24) is 5.43 Å². The number of hydrogen-bond donors (Lipinski definition) is 2. The van der Waals surface area contributed by atoms with E-state index in [4.69, 9.17) is 9.15 Å². The van der Waals surface area contributed by atoms with E-state index in [9.17, 15) is 9.59 Å². The van der Waals surface area contributed by atoms with Gasteiger partial charge in [0.2, 0.25) is 0 Å². The van der Waals surface area contributed by atoms with Crippen molar-refractivity contribution in [3.05, 3.63) is 93.1 Å². The second kappa shape index (κ2) is 10.5. The number of ether oxygens (including phenoxy) is 1. The third-order valence-corrected chi connectivity index (χ3v) is 5.57. The van der Waals surface area contributed by atoms with Gasteiger partial charge >= 0.3 is 5.91 Å². The number of rotatable bonds is 7. The normalized spacial score (nSPS) is 11.0. The summed E-state index contributed by atoms with van der Waals surface area (Å²) in [5.74, 6) is -0.0480. The van der Waals surface area contributed by atoms with Crippen LogP contribution in [0.4, 0.5) is 5.69 Å². The van der Waals surface area contributed by atoms with Crippen LogP contribution in [0.2, 0.25) is 0 Å². The number of nitrogens with one attached hydrogen (secondary N) is 2. The van der Waals surface area contributed by atoms with Crippen molar-refractivity contribution in [1.29, 1.82) is 0 Å². The average Bonchev–Trinajstić information content (AvgIpc) is 3.22. The third-order valence-electron chi connectivity index (χ3n) is 4.45. The summed E-state index contributed by atoms with van der Waals surface area (Å²) in [5.41, 5.74) is 4.48. The molecule has 4 rings (SSSR count). The quantitative estimate of drug-likeness (QED) is 0.219. The lowest BCUT2D eigenvalue weighted by atomic mass is 10.2. The number of nitrogens with zero attached hydrogens (tertiary/aromatic N) is 1. The molecule has 0 unspecified atom stereocenters. The number of para-hydroxylation sites is 1. The van der Waals surface area contributed by atoms with E-state index in [1.54, 1.807) is 42.5 Å². The second-order valence-electron chi connectivity index (χ2n) is 6.88. The SMILES string of the molecule is O=C(COc1ccc(/C=N/NC(=O)c2cc3cc(Br)ccc3o2)cc1Br)Nc1ccccc1. The molecule has 0 aliphatic rings. The van der Waals surface area contributed by atoms with Crippen LogP contribution >= 0.6 is 31.9 Å². The average molecular weight is 571 g/mol. The van der Waals surface area contributed by atoms with Crippen LogP contribution in [0.3, 0.4) is 0 Å². The van der Waals surface area contributed by atoms with Crippen LogP contribution < -0.4 is 15.5 Å². The highest BCUT2D eigenvalue weighted by Crippen LogP contribution is 2.26. The smallest absolute Gasteiger partial charge is 0.307 e. The Kier molecular flexibility index (Phi) is 7.21. The van der Waals surface area contributed by atoms with E-state index in [2.05, 4.69) is 47.7 Å². The predicted molar refractivity (Wildman–Crippen MR) is 134 cm³/mol. The molecule has 0 spiro atoms. The van der Waals surface area contributed by atoms with E-state index in [0.717, 1.165) is 15.4 Å². The van der Waals surface area contributed by atoms with E-state index >= 15 is 0 Å². The summed E-state index contributed by atoms with van der Waals surface area (Å²) in [7, 11) is 0. The zero-order valence-corrected chi connectivity index (χ0v) is 20.2. The van der Waals surface area contributed by atoms with E-state index in [1.165, 1.54) is 6.21 Å². The summed E-state index contributed by atoms with van der Waals surface area (Å²) >= 11 is 6.81. The molecule has 2 amide bonds. The van der Waals surface area contributed by atoms with Gasteiger partial charge in [0.1, 0.15) is 11.3 Å². The van der Waals surface area contributed by atoms with Crippen molar-refractivity contribution in [2.75, 3.05) is 11.9 Å². The highest BCUT2D eigenvalue weighted by molar-refractivity contribution is 9.10. The highest BCUT2D eigenvalue weighted by Gasteiger charge is 2.12. The summed E-state index contributed by atoms with van der Waals surface area (Å²) < 4.78 is 12.7. The predicted octanol–water partition coefficient (Wildman–Crippen LogP) is 5.74. The molecular weight excluding hydrogens is 554 g/mol. The fraction of sp³-hybridized carbons (Fsp3) is 0.0417. The Bertz CT molecular complexity index is 1340. The van der Waals surface area contributed by atoms with Crippen molar-refractivity contribution in [2.45, 2.75) is 0 Å². The molecular formula is C24H17Br2N3O4. The van der Waals surface area contributed by atoms with Crippen LogP contribution in [-0.4, -0.2) is 24.6 Å². The van der Waals surface area contributed by atoms with Gasteiger partial charge in [-0.2, -0.15) is 5.10 Å². The minimum atomic E-state index is -0.456. The van der Waals surface area contributed by atoms with Crippen molar-refractivity contribution >= 4 is 66.5 Å². The zero-order valence-electron chi connectivity index (χ0n) is 17.0. The number of anilines is 1. The molecule has 7 nitrogen and oxygen atoms in total. The van der Waals surface area contributed by atoms with Crippen LogP contribution in [0, 0.1) is 0 Å². The molecule has 3 aromatic carbocycles. The Balaban J connectivity index is 1.31. The molecule has 0 atom stereocenters. The maximum absolute atomic E-state index is 12.3. The van der Waals surface area contributed by atoms with Crippen molar-refractivity contribution in [3.8, 4) is 5.75 Å². The first-order chi connectivity index (χ1) is 16.0. The first kappa shape index (κ1) is 22.8. The van der Waals surface area contributed by atoms with Crippen LogP contribution in [0.25, 0.3) is 11.0 Å². The number of hydrazone groups is 1. The standard InChI is InChI=1S/C24H17Br2N3O4/c25-17-7-9-20-16(11-17)12-22(33-20)24(31)29-27-13-15-6-8-21(19(26)10-15)32-14-23(30)28-18-4-2-1-3-5-18/h1-13H,14H2,(H,28,30)(H,29,31)/b27-13+. The molecule has 0 saturated carbocycles. The maximum atomic E-state index is 12.3. The molecule has 0 saturated heterocycles. The van der Waals surface area contributed by atoms with Crippen molar-refractivity contribution in [2.24, 2.45) is 5.10 Å². The van der Waals surface area contributed by atoms with Gasteiger partial charge in [-0.25, -0.2) is 5.43 Å². The van der Waals surface area contributed by atoms with Gasteiger partial charge in [0.15, 0.2) is 12.4 Å². The zero-order chi connectivity index (χ0) is 23.2. The summed E-state index contributed by atoms with van der Waals surface area (Å²) in [6, 6.07) is 21.5. The maximum Gasteiger partial charge on any atom is 0.307 e. The molecule has 0 aliphatic carbocycles. The van der Waals surface area contributed by atoms with Crippen LogP contribution in [0.5, 0.6) is 5.75 Å². The molecule has 9 heteroatoms. The van der Waals surface area contributed by atoms with Crippen LogP contribution in [0.1, 0.15) is 16.1 Å². The molecule has 1 aromatic heterocycles. The van der Waals surface area contributed by atoms with E-state index in [0.29, 0.717) is 21.5 Å². The summed E-state index contributed by atoms with van der Waals surface area (Å²) in [5, 5.41) is 7.55. The Labute approximate surface area is 206 Å². The first-order valence-corrected chi connectivity index (χ1v) is 11.4. The number of amides is 2. The molecule has 0 aliphatic heterocycles. The monoisotopic (exact) mass is 569 g/mol.